The third kappa shape index (κ3) is 1.58. The van der Waals surface area contributed by atoms with Gasteiger partial charge in [0, 0.05) is 15.5 Å². The molecule has 0 amide bonds. The van der Waals surface area contributed by atoms with E-state index in [1.54, 1.807) is 11.3 Å². The minimum absolute atomic E-state index is 0.590. The van der Waals surface area contributed by atoms with Gasteiger partial charge in [0.2, 0.25) is 0 Å². The maximum absolute atomic E-state index is 5.85. The lowest BCUT2D eigenvalue weighted by Crippen LogP contribution is -1.79. The summed E-state index contributed by atoms with van der Waals surface area (Å²) in [6, 6.07) is 4.17. The molecule has 1 aromatic carbocycles. The minimum Gasteiger partial charge on any atom is -0.143 e. The van der Waals surface area contributed by atoms with Crippen LogP contribution in [0.25, 0.3) is 10.1 Å². The van der Waals surface area contributed by atoms with Gasteiger partial charge in [0.05, 0.1) is 0 Å². The van der Waals surface area contributed by atoms with Crippen LogP contribution in [0.2, 0.25) is 0 Å². The normalized spacial score (nSPS) is 11.0. The van der Waals surface area contributed by atoms with Crippen LogP contribution in [-0.4, -0.2) is 0 Å². The highest BCUT2D eigenvalue weighted by Crippen LogP contribution is 2.31. The number of alkyl halides is 1. The van der Waals surface area contributed by atoms with Gasteiger partial charge in [0.25, 0.3) is 0 Å². The van der Waals surface area contributed by atoms with Crippen LogP contribution in [-0.2, 0) is 5.88 Å². The van der Waals surface area contributed by atoms with Crippen LogP contribution in [0.5, 0.6) is 0 Å². The van der Waals surface area contributed by atoms with Crippen molar-refractivity contribution in [2.75, 3.05) is 0 Å². The molecule has 0 N–H and O–H groups in total. The van der Waals surface area contributed by atoms with Gasteiger partial charge in [-0.15, -0.1) is 35.6 Å². The third-order valence-electron chi connectivity index (χ3n) is 2.08. The van der Waals surface area contributed by atoms with Crippen molar-refractivity contribution in [1.82, 2.24) is 0 Å². The summed E-state index contributed by atoms with van der Waals surface area (Å²) >= 11 is 11.9. The number of rotatable bonds is 1. The summed E-state index contributed by atoms with van der Waals surface area (Å²) in [6.45, 7) is 2.10. The number of halogens is 1. The molecule has 0 unspecified atom stereocenters. The lowest BCUT2D eigenvalue weighted by Gasteiger charge is -2.00. The third-order valence-corrected chi connectivity index (χ3v) is 3.60. The van der Waals surface area contributed by atoms with E-state index in [1.807, 2.05) is 0 Å². The fraction of sp³-hybridized carbons (Fsp3) is 0.200. The smallest absolute Gasteiger partial charge is 0.0488 e. The molecule has 0 aliphatic carbocycles. The van der Waals surface area contributed by atoms with E-state index in [2.05, 4.69) is 37.1 Å². The Kier molecular flexibility index (Phi) is 2.54. The van der Waals surface area contributed by atoms with Gasteiger partial charge < -0.3 is 0 Å². The summed E-state index contributed by atoms with van der Waals surface area (Å²) in [7, 11) is 0. The van der Waals surface area contributed by atoms with Crippen LogP contribution in [0.1, 0.15) is 11.1 Å². The zero-order chi connectivity index (χ0) is 9.42. The molecule has 0 saturated carbocycles. The molecular formula is C10H9ClS2. The molecule has 0 atom stereocenters. The van der Waals surface area contributed by atoms with Crippen molar-refractivity contribution in [3.05, 3.63) is 28.6 Å². The first-order chi connectivity index (χ1) is 6.22. The van der Waals surface area contributed by atoms with E-state index < -0.39 is 0 Å². The van der Waals surface area contributed by atoms with Crippen LogP contribution in [0.3, 0.4) is 0 Å². The Bertz CT molecular complexity index is 445. The van der Waals surface area contributed by atoms with Gasteiger partial charge in [0.15, 0.2) is 0 Å². The van der Waals surface area contributed by atoms with Crippen LogP contribution < -0.4 is 0 Å². The van der Waals surface area contributed by atoms with Crippen molar-refractivity contribution < 1.29 is 0 Å². The first kappa shape index (κ1) is 9.38. The van der Waals surface area contributed by atoms with E-state index in [0.717, 1.165) is 4.90 Å². The van der Waals surface area contributed by atoms with Crippen molar-refractivity contribution >= 4 is 45.7 Å². The predicted molar refractivity (Wildman–Crippen MR) is 63.4 cm³/mol. The second-order valence-corrected chi connectivity index (χ2v) is 4.73. The van der Waals surface area contributed by atoms with Crippen molar-refractivity contribution in [2.45, 2.75) is 17.7 Å². The average molecular weight is 229 g/mol. The Labute approximate surface area is 91.9 Å². The van der Waals surface area contributed by atoms with Crippen molar-refractivity contribution in [1.29, 1.82) is 0 Å². The summed E-state index contributed by atoms with van der Waals surface area (Å²) in [5.41, 5.74) is 2.49. The summed E-state index contributed by atoms with van der Waals surface area (Å²) < 4.78 is 1.28. The lowest BCUT2D eigenvalue weighted by atomic mass is 10.1. The van der Waals surface area contributed by atoms with E-state index in [9.17, 15) is 0 Å². The van der Waals surface area contributed by atoms with Gasteiger partial charge in [-0.2, -0.15) is 0 Å². The Hall–Kier alpha value is -0.180. The molecule has 0 aliphatic heterocycles. The van der Waals surface area contributed by atoms with E-state index in [1.165, 1.54) is 21.2 Å². The Balaban J connectivity index is 2.82. The van der Waals surface area contributed by atoms with Gasteiger partial charge in [-0.25, -0.2) is 0 Å². The van der Waals surface area contributed by atoms with E-state index >= 15 is 0 Å². The fourth-order valence-corrected chi connectivity index (χ4v) is 3.32. The molecule has 1 aromatic heterocycles. The molecule has 1 heterocycles. The summed E-state index contributed by atoms with van der Waals surface area (Å²) in [6.07, 6.45) is 0. The molecule has 3 heteroatoms. The summed E-state index contributed by atoms with van der Waals surface area (Å²) in [5, 5.41) is 3.43. The Morgan fingerprint density at radius 1 is 1.46 bits per heavy atom. The number of fused-ring (bicyclic) bond motifs is 1. The van der Waals surface area contributed by atoms with E-state index in [-0.39, 0.29) is 0 Å². The van der Waals surface area contributed by atoms with Gasteiger partial charge >= 0.3 is 0 Å². The SMILES string of the molecule is Cc1cc(S)cc2scc(CCl)c12. The van der Waals surface area contributed by atoms with Crippen LogP contribution in [0.15, 0.2) is 22.4 Å². The molecule has 0 saturated heterocycles. The van der Waals surface area contributed by atoms with E-state index in [4.69, 9.17) is 11.6 Å². The molecule has 68 valence electrons. The van der Waals surface area contributed by atoms with Crippen LogP contribution in [0.4, 0.5) is 0 Å². The number of thiol groups is 1. The van der Waals surface area contributed by atoms with Crippen LogP contribution in [0, 0.1) is 6.92 Å². The second-order valence-electron chi connectivity index (χ2n) is 3.03. The second kappa shape index (κ2) is 3.52. The standard InChI is InChI=1S/C10H9ClS2/c1-6-2-8(12)3-9-10(6)7(4-11)5-13-9/h2-3,5,12H,4H2,1H3. The molecule has 2 aromatic rings. The zero-order valence-corrected chi connectivity index (χ0v) is 9.64. The number of hydrogen-bond acceptors (Lipinski definition) is 2. The molecule has 2 rings (SSSR count). The van der Waals surface area contributed by atoms with Crippen molar-refractivity contribution in [2.24, 2.45) is 0 Å². The van der Waals surface area contributed by atoms with Crippen molar-refractivity contribution in [3.63, 3.8) is 0 Å². The summed E-state index contributed by atoms with van der Waals surface area (Å²) in [4.78, 5) is 1.02. The Morgan fingerprint density at radius 3 is 2.92 bits per heavy atom. The number of hydrogen-bond donors (Lipinski definition) is 1. The zero-order valence-electron chi connectivity index (χ0n) is 7.17. The highest BCUT2D eigenvalue weighted by Gasteiger charge is 2.06. The van der Waals surface area contributed by atoms with Gasteiger partial charge in [-0.05, 0) is 40.9 Å². The molecule has 0 bridgehead atoms. The maximum Gasteiger partial charge on any atom is 0.0488 e. The topological polar surface area (TPSA) is 0 Å². The predicted octanol–water partition coefficient (Wildman–Crippen LogP) is 4.24. The minimum atomic E-state index is 0.590. The first-order valence-corrected chi connectivity index (χ1v) is 5.84. The molecule has 0 aliphatic rings. The first-order valence-electron chi connectivity index (χ1n) is 3.98. The maximum atomic E-state index is 5.85. The number of thiophene rings is 1. The van der Waals surface area contributed by atoms with Crippen molar-refractivity contribution in [3.8, 4) is 0 Å². The Morgan fingerprint density at radius 2 is 2.23 bits per heavy atom. The highest BCUT2D eigenvalue weighted by atomic mass is 35.5. The van der Waals surface area contributed by atoms with Gasteiger partial charge in [0.1, 0.15) is 0 Å². The average Bonchev–Trinajstić information content (AvgIpc) is 2.47. The molecular weight excluding hydrogens is 220 g/mol. The number of benzene rings is 1. The van der Waals surface area contributed by atoms with Gasteiger partial charge in [-0.3, -0.25) is 0 Å². The lowest BCUT2D eigenvalue weighted by molar-refractivity contribution is 1.40. The van der Waals surface area contributed by atoms with E-state index in [0.29, 0.717) is 5.88 Å². The molecule has 0 radical (unpaired) electrons. The van der Waals surface area contributed by atoms with Crippen LogP contribution >= 0.6 is 35.6 Å². The molecule has 0 nitrogen and oxygen atoms in total. The molecule has 0 spiro atoms. The summed E-state index contributed by atoms with van der Waals surface area (Å²) in [5.74, 6) is 0.590. The molecule has 0 fully saturated rings. The van der Waals surface area contributed by atoms with Gasteiger partial charge in [-0.1, -0.05) is 0 Å². The number of aryl methyl sites for hydroxylation is 1. The highest BCUT2D eigenvalue weighted by molar-refractivity contribution is 7.80. The quantitative estimate of drug-likeness (QED) is 0.548. The largest absolute Gasteiger partial charge is 0.143 e. The molecule has 13 heavy (non-hydrogen) atoms. The monoisotopic (exact) mass is 228 g/mol. The fourth-order valence-electron chi connectivity index (χ4n) is 1.53.